The average molecular weight is 372 g/mol. The maximum Gasteiger partial charge on any atom is 0.206 e. The quantitative estimate of drug-likeness (QED) is 0.560. The number of aromatic nitrogens is 2. The third-order valence-corrected chi connectivity index (χ3v) is 5.53. The van der Waals surface area contributed by atoms with E-state index in [1.807, 2.05) is 24.3 Å². The third kappa shape index (κ3) is 5.53. The number of hydrogen-bond acceptors (Lipinski definition) is 7. The van der Waals surface area contributed by atoms with Gasteiger partial charge in [-0.05, 0) is 37.1 Å². The standard InChI is InChI=1S/C15H18ClN3O2S2/c16-11-3-5-12(6-4-11)21-8-9-22-15-19-18-14(23-15)17-10-13-2-1-7-20-13/h3-6,13H,1-2,7-10H2,(H,17,18). The Bertz CT molecular complexity index is 603. The fourth-order valence-corrected chi connectivity index (χ4v) is 3.94. The van der Waals surface area contributed by atoms with Crippen molar-refractivity contribution in [2.75, 3.05) is 30.8 Å². The molecule has 1 aliphatic heterocycles. The second-order valence-corrected chi connectivity index (χ2v) is 7.80. The van der Waals surface area contributed by atoms with Gasteiger partial charge >= 0.3 is 0 Å². The predicted octanol–water partition coefficient (Wildman–Crippen LogP) is 3.95. The van der Waals surface area contributed by atoms with Crippen molar-refractivity contribution >= 4 is 39.8 Å². The van der Waals surface area contributed by atoms with E-state index in [1.165, 1.54) is 0 Å². The van der Waals surface area contributed by atoms with Gasteiger partial charge in [0.2, 0.25) is 5.13 Å². The highest BCUT2D eigenvalue weighted by Gasteiger charge is 2.15. The minimum absolute atomic E-state index is 0.308. The van der Waals surface area contributed by atoms with E-state index in [0.29, 0.717) is 17.7 Å². The van der Waals surface area contributed by atoms with E-state index < -0.39 is 0 Å². The number of nitrogens with one attached hydrogen (secondary N) is 1. The van der Waals surface area contributed by atoms with Gasteiger partial charge in [-0.25, -0.2) is 0 Å². The van der Waals surface area contributed by atoms with Crippen LogP contribution >= 0.6 is 34.7 Å². The highest BCUT2D eigenvalue weighted by atomic mass is 35.5. The number of rotatable bonds is 8. The van der Waals surface area contributed by atoms with Gasteiger partial charge in [0, 0.05) is 23.9 Å². The summed E-state index contributed by atoms with van der Waals surface area (Å²) in [7, 11) is 0. The van der Waals surface area contributed by atoms with E-state index in [2.05, 4.69) is 15.5 Å². The number of halogens is 1. The highest BCUT2D eigenvalue weighted by molar-refractivity contribution is 8.01. The second-order valence-electron chi connectivity index (χ2n) is 5.04. The van der Waals surface area contributed by atoms with Crippen LogP contribution in [-0.2, 0) is 4.74 Å². The maximum atomic E-state index is 5.84. The first-order chi connectivity index (χ1) is 11.3. The first kappa shape index (κ1) is 16.8. The molecule has 2 heterocycles. The Morgan fingerprint density at radius 1 is 1.35 bits per heavy atom. The zero-order valence-electron chi connectivity index (χ0n) is 12.5. The smallest absolute Gasteiger partial charge is 0.206 e. The molecule has 1 atom stereocenters. The topological polar surface area (TPSA) is 56.3 Å². The molecule has 1 aromatic heterocycles. The Kier molecular flexibility index (Phi) is 6.38. The molecule has 0 amide bonds. The summed E-state index contributed by atoms with van der Waals surface area (Å²) in [6, 6.07) is 7.37. The van der Waals surface area contributed by atoms with Gasteiger partial charge in [0.25, 0.3) is 0 Å². The molecule has 1 aromatic carbocycles. The molecule has 1 saturated heterocycles. The van der Waals surface area contributed by atoms with Crippen molar-refractivity contribution in [1.82, 2.24) is 10.2 Å². The van der Waals surface area contributed by atoms with Crippen LogP contribution in [0, 0.1) is 0 Å². The van der Waals surface area contributed by atoms with Crippen molar-refractivity contribution < 1.29 is 9.47 Å². The number of ether oxygens (including phenoxy) is 2. The lowest BCUT2D eigenvalue weighted by molar-refractivity contribution is 0.120. The number of benzene rings is 1. The zero-order chi connectivity index (χ0) is 15.9. The summed E-state index contributed by atoms with van der Waals surface area (Å²) < 4.78 is 12.2. The third-order valence-electron chi connectivity index (χ3n) is 3.30. The summed E-state index contributed by atoms with van der Waals surface area (Å²) in [4.78, 5) is 0. The van der Waals surface area contributed by atoms with E-state index in [1.54, 1.807) is 23.1 Å². The molecular weight excluding hydrogens is 354 g/mol. The summed E-state index contributed by atoms with van der Waals surface area (Å²) in [5.41, 5.74) is 0. The van der Waals surface area contributed by atoms with Crippen LogP contribution in [-0.4, -0.2) is 41.8 Å². The first-order valence-corrected chi connectivity index (χ1v) is 9.68. The van der Waals surface area contributed by atoms with E-state index in [4.69, 9.17) is 21.1 Å². The van der Waals surface area contributed by atoms with Crippen molar-refractivity contribution in [3.63, 3.8) is 0 Å². The molecule has 0 bridgehead atoms. The lowest BCUT2D eigenvalue weighted by atomic mass is 10.2. The van der Waals surface area contributed by atoms with Gasteiger partial charge < -0.3 is 14.8 Å². The Hall–Kier alpha value is -1.02. The van der Waals surface area contributed by atoms with E-state index in [9.17, 15) is 0 Å². The molecule has 1 unspecified atom stereocenters. The Morgan fingerprint density at radius 3 is 3.00 bits per heavy atom. The van der Waals surface area contributed by atoms with Crippen LogP contribution in [0.3, 0.4) is 0 Å². The SMILES string of the molecule is Clc1ccc(OCCSc2nnc(NCC3CCCO3)s2)cc1. The Balaban J connectivity index is 1.34. The molecule has 3 rings (SSSR count). The number of thioether (sulfide) groups is 1. The molecule has 1 aliphatic rings. The van der Waals surface area contributed by atoms with Crippen molar-refractivity contribution in [3.8, 4) is 5.75 Å². The molecule has 0 spiro atoms. The van der Waals surface area contributed by atoms with Gasteiger partial charge in [0.1, 0.15) is 5.75 Å². The summed E-state index contributed by atoms with van der Waals surface area (Å²) in [6.07, 6.45) is 2.58. The molecule has 8 heteroatoms. The van der Waals surface area contributed by atoms with Crippen LogP contribution < -0.4 is 10.1 Å². The van der Waals surface area contributed by atoms with Crippen molar-refractivity contribution in [3.05, 3.63) is 29.3 Å². The van der Waals surface area contributed by atoms with Gasteiger partial charge in [0.05, 0.1) is 12.7 Å². The van der Waals surface area contributed by atoms with Gasteiger partial charge in [-0.2, -0.15) is 0 Å². The van der Waals surface area contributed by atoms with Crippen molar-refractivity contribution in [2.24, 2.45) is 0 Å². The van der Waals surface area contributed by atoms with Crippen LogP contribution in [0.25, 0.3) is 0 Å². The van der Waals surface area contributed by atoms with Gasteiger partial charge in [-0.15, -0.1) is 10.2 Å². The largest absolute Gasteiger partial charge is 0.493 e. The molecule has 2 aromatic rings. The summed E-state index contributed by atoms with van der Waals surface area (Å²) >= 11 is 9.05. The fraction of sp³-hybridized carbons (Fsp3) is 0.467. The zero-order valence-corrected chi connectivity index (χ0v) is 14.9. The van der Waals surface area contributed by atoms with Crippen LogP contribution in [0.1, 0.15) is 12.8 Å². The van der Waals surface area contributed by atoms with Gasteiger partial charge in [-0.1, -0.05) is 34.7 Å². The predicted molar refractivity (Wildman–Crippen MR) is 95.0 cm³/mol. The Morgan fingerprint density at radius 2 is 2.22 bits per heavy atom. The Labute approximate surface area is 148 Å². The number of hydrogen-bond donors (Lipinski definition) is 1. The van der Waals surface area contributed by atoms with E-state index >= 15 is 0 Å². The molecule has 124 valence electrons. The molecule has 23 heavy (non-hydrogen) atoms. The number of nitrogens with zero attached hydrogens (tertiary/aromatic N) is 2. The molecule has 5 nitrogen and oxygen atoms in total. The second kappa shape index (κ2) is 8.73. The van der Waals surface area contributed by atoms with E-state index in [-0.39, 0.29) is 0 Å². The minimum Gasteiger partial charge on any atom is -0.493 e. The highest BCUT2D eigenvalue weighted by Crippen LogP contribution is 2.26. The van der Waals surface area contributed by atoms with Crippen LogP contribution in [0.2, 0.25) is 5.02 Å². The fourth-order valence-electron chi connectivity index (χ4n) is 2.17. The van der Waals surface area contributed by atoms with Crippen LogP contribution in [0.5, 0.6) is 5.75 Å². The lowest BCUT2D eigenvalue weighted by Crippen LogP contribution is -2.18. The molecular formula is C15H18ClN3O2S2. The van der Waals surface area contributed by atoms with Crippen LogP contribution in [0.15, 0.2) is 28.6 Å². The molecule has 1 fully saturated rings. The van der Waals surface area contributed by atoms with E-state index in [0.717, 1.165) is 47.0 Å². The number of anilines is 1. The van der Waals surface area contributed by atoms with Crippen molar-refractivity contribution in [2.45, 2.75) is 23.3 Å². The summed E-state index contributed by atoms with van der Waals surface area (Å²) in [6.45, 7) is 2.29. The summed E-state index contributed by atoms with van der Waals surface area (Å²) in [5, 5.41) is 13.2. The van der Waals surface area contributed by atoms with Crippen LogP contribution in [0.4, 0.5) is 5.13 Å². The van der Waals surface area contributed by atoms with Gasteiger partial charge in [-0.3, -0.25) is 0 Å². The minimum atomic E-state index is 0.308. The molecule has 0 saturated carbocycles. The summed E-state index contributed by atoms with van der Waals surface area (Å²) in [5.74, 6) is 1.65. The average Bonchev–Trinajstić information content (AvgIpc) is 3.23. The molecule has 0 radical (unpaired) electrons. The molecule has 0 aliphatic carbocycles. The first-order valence-electron chi connectivity index (χ1n) is 7.50. The monoisotopic (exact) mass is 371 g/mol. The maximum absolute atomic E-state index is 5.84. The lowest BCUT2D eigenvalue weighted by Gasteiger charge is -2.08. The van der Waals surface area contributed by atoms with Crippen molar-refractivity contribution in [1.29, 1.82) is 0 Å². The van der Waals surface area contributed by atoms with Gasteiger partial charge in [0.15, 0.2) is 4.34 Å². The normalized spacial score (nSPS) is 17.3. The molecule has 1 N–H and O–H groups in total.